The number of ether oxygens (including phenoxy) is 1. The van der Waals surface area contributed by atoms with Gasteiger partial charge in [-0.15, -0.1) is 0 Å². The zero-order valence-corrected chi connectivity index (χ0v) is 12.6. The predicted octanol–water partition coefficient (Wildman–Crippen LogP) is 2.56. The molecule has 5 heteroatoms. The van der Waals surface area contributed by atoms with E-state index in [-0.39, 0.29) is 13.6 Å². The second-order valence-electron chi connectivity index (χ2n) is 4.38. The van der Waals surface area contributed by atoms with Crippen LogP contribution in [0.2, 0.25) is 0 Å². The van der Waals surface area contributed by atoms with E-state index in [9.17, 15) is 0 Å². The normalized spacial score (nSPS) is 26.9. The van der Waals surface area contributed by atoms with Gasteiger partial charge in [-0.25, -0.2) is 0 Å². The molecule has 0 aliphatic carbocycles. The van der Waals surface area contributed by atoms with Crippen molar-refractivity contribution in [2.24, 2.45) is 4.99 Å². The third kappa shape index (κ3) is 10.7. The topological polar surface area (TPSA) is 65.3 Å². The highest BCUT2D eigenvalue weighted by Crippen LogP contribution is 2.20. The summed E-state index contributed by atoms with van der Waals surface area (Å²) in [6.45, 7) is 13.2. The molecule has 1 aliphatic rings. The van der Waals surface area contributed by atoms with Gasteiger partial charge in [-0.2, -0.15) is 5.06 Å². The summed E-state index contributed by atoms with van der Waals surface area (Å²) in [7, 11) is 1.59. The Morgan fingerprint density at radius 2 is 1.83 bits per heavy atom. The van der Waals surface area contributed by atoms with Crippen molar-refractivity contribution >= 4 is 6.72 Å². The van der Waals surface area contributed by atoms with Gasteiger partial charge in [-0.1, -0.05) is 13.8 Å². The Morgan fingerprint density at radius 1 is 1.39 bits per heavy atom. The van der Waals surface area contributed by atoms with Crippen LogP contribution in [0.15, 0.2) is 4.99 Å². The summed E-state index contributed by atoms with van der Waals surface area (Å²) in [5.74, 6) is 0. The molecule has 18 heavy (non-hydrogen) atoms. The fourth-order valence-electron chi connectivity index (χ4n) is 1.40. The second-order valence-corrected chi connectivity index (χ2v) is 4.38. The van der Waals surface area contributed by atoms with Gasteiger partial charge < -0.3 is 15.1 Å². The van der Waals surface area contributed by atoms with Crippen LogP contribution in [-0.4, -0.2) is 53.6 Å². The number of hydrogen-bond acceptors (Lipinski definition) is 5. The minimum Gasteiger partial charge on any atom is -0.368 e. The zero-order chi connectivity index (χ0) is 14.7. The molecule has 112 valence electrons. The van der Waals surface area contributed by atoms with Crippen LogP contribution in [0, 0.1) is 0 Å². The van der Waals surface area contributed by atoms with Gasteiger partial charge in [0.2, 0.25) is 0 Å². The number of rotatable bonds is 2. The van der Waals surface area contributed by atoms with Crippen molar-refractivity contribution in [2.45, 2.75) is 71.9 Å². The molecule has 0 aromatic carbocycles. The molecular weight excluding hydrogens is 232 g/mol. The van der Waals surface area contributed by atoms with Gasteiger partial charge >= 0.3 is 0 Å². The zero-order valence-electron chi connectivity index (χ0n) is 12.6. The number of aliphatic hydroxyl groups is 1. The fraction of sp³-hybridized carbons (Fsp3) is 0.923. The Bertz CT molecular complexity index is 194. The molecule has 1 aliphatic heterocycles. The van der Waals surface area contributed by atoms with Crippen LogP contribution in [0.5, 0.6) is 0 Å². The summed E-state index contributed by atoms with van der Waals surface area (Å²) in [6, 6.07) is 0.420. The lowest BCUT2D eigenvalue weighted by molar-refractivity contribution is -0.210. The average molecular weight is 264 g/mol. The molecule has 3 atom stereocenters. The quantitative estimate of drug-likeness (QED) is 0.594. The molecule has 0 aromatic heterocycles. The summed E-state index contributed by atoms with van der Waals surface area (Å²) in [5.41, 5.74) is 0. The van der Waals surface area contributed by atoms with E-state index >= 15 is 0 Å². The van der Waals surface area contributed by atoms with Gasteiger partial charge in [0.1, 0.15) is 0 Å². The smallest absolute Gasteiger partial charge is 0.156 e. The van der Waals surface area contributed by atoms with Crippen LogP contribution in [0.25, 0.3) is 0 Å². The predicted molar refractivity (Wildman–Crippen MR) is 77.3 cm³/mol. The van der Waals surface area contributed by atoms with Gasteiger partial charge in [0, 0.05) is 27.0 Å². The number of aliphatic hydroxyl groups excluding tert-OH is 1. The van der Waals surface area contributed by atoms with Crippen molar-refractivity contribution < 1.29 is 16.5 Å². The molecule has 0 bridgehead atoms. The van der Waals surface area contributed by atoms with Crippen molar-refractivity contribution in [1.82, 2.24) is 5.06 Å². The van der Waals surface area contributed by atoms with E-state index in [4.69, 9.17) is 15.1 Å². The minimum atomic E-state index is -0.724. The van der Waals surface area contributed by atoms with Crippen LogP contribution in [0.1, 0.15) is 48.9 Å². The van der Waals surface area contributed by atoms with Crippen LogP contribution in [0.4, 0.5) is 0 Å². The maximum atomic E-state index is 9.14. The van der Waals surface area contributed by atoms with E-state index in [1.807, 2.05) is 34.6 Å². The van der Waals surface area contributed by atoms with Crippen molar-refractivity contribution in [2.75, 3.05) is 7.05 Å². The van der Waals surface area contributed by atoms with Crippen LogP contribution >= 0.6 is 0 Å². The molecule has 0 radical (unpaired) electrons. The summed E-state index contributed by atoms with van der Waals surface area (Å²) in [4.78, 5) is 3.64. The lowest BCUT2D eigenvalue weighted by Crippen LogP contribution is -2.41. The standard InChI is InChI=1S/C7H15NO3.C4H9N.C2H6.H2/c1-5-3-6(8(2)10)4-7(9)11-5;1-4(2)5-3;1-2;/h5-7,9-10H,3-4H2,1-2H3;4H,3H2,1-2H3;1-2H3;1H/t5-,6+,7?;;;/m1.../s1. The minimum absolute atomic E-state index is 0. The summed E-state index contributed by atoms with van der Waals surface area (Å²) < 4.78 is 5.08. The molecule has 1 heterocycles. The third-order valence-electron chi connectivity index (χ3n) is 2.36. The van der Waals surface area contributed by atoms with E-state index in [0.717, 1.165) is 11.5 Å². The van der Waals surface area contributed by atoms with Crippen molar-refractivity contribution in [3.8, 4) is 0 Å². The maximum absolute atomic E-state index is 9.14. The maximum Gasteiger partial charge on any atom is 0.156 e. The molecule has 5 nitrogen and oxygen atoms in total. The number of hydrogen-bond donors (Lipinski definition) is 2. The first-order chi connectivity index (χ1) is 8.36. The second kappa shape index (κ2) is 11.6. The van der Waals surface area contributed by atoms with Gasteiger partial charge in [0.15, 0.2) is 6.29 Å². The Balaban J connectivity index is -0.000000275. The van der Waals surface area contributed by atoms with Crippen molar-refractivity contribution in [3.05, 3.63) is 0 Å². The molecule has 1 rings (SSSR count). The molecule has 0 spiro atoms. The monoisotopic (exact) mass is 264 g/mol. The molecule has 1 saturated heterocycles. The van der Waals surface area contributed by atoms with E-state index in [1.165, 1.54) is 0 Å². The highest BCUT2D eigenvalue weighted by Gasteiger charge is 2.27. The summed E-state index contributed by atoms with van der Waals surface area (Å²) in [5, 5.41) is 19.4. The number of aliphatic imine (C=N–C) groups is 1. The lowest BCUT2D eigenvalue weighted by atomic mass is 10.0. The molecule has 0 saturated carbocycles. The van der Waals surface area contributed by atoms with E-state index < -0.39 is 6.29 Å². The van der Waals surface area contributed by atoms with Crippen molar-refractivity contribution in [3.63, 3.8) is 0 Å². The Morgan fingerprint density at radius 3 is 2.11 bits per heavy atom. The number of nitrogens with zero attached hydrogens (tertiary/aromatic N) is 2. The summed E-state index contributed by atoms with van der Waals surface area (Å²) >= 11 is 0. The van der Waals surface area contributed by atoms with Crippen LogP contribution in [0.3, 0.4) is 0 Å². The van der Waals surface area contributed by atoms with Gasteiger partial charge in [0.05, 0.1) is 6.10 Å². The highest BCUT2D eigenvalue weighted by molar-refractivity contribution is 5.23. The first kappa shape index (κ1) is 19.8. The van der Waals surface area contributed by atoms with E-state index in [0.29, 0.717) is 12.5 Å². The molecule has 1 fully saturated rings. The SMILES string of the molecule is C=NC(C)C.CC.C[C@@H]1C[C@H](N(C)O)CC(O)O1.[HH]. The molecule has 0 aromatic rings. The first-order valence-electron chi connectivity index (χ1n) is 6.57. The molecule has 0 amide bonds. The Hall–Kier alpha value is -0.490. The first-order valence-corrected chi connectivity index (χ1v) is 6.57. The number of hydroxylamine groups is 2. The van der Waals surface area contributed by atoms with E-state index in [1.54, 1.807) is 7.05 Å². The summed E-state index contributed by atoms with van der Waals surface area (Å²) in [6.07, 6.45) is 0.554. The Labute approximate surface area is 113 Å². The Kier molecular flexibility index (Phi) is 12.8. The van der Waals surface area contributed by atoms with Gasteiger partial charge in [-0.3, -0.25) is 4.99 Å². The largest absolute Gasteiger partial charge is 0.368 e. The van der Waals surface area contributed by atoms with Gasteiger partial charge in [-0.05, 0) is 33.9 Å². The third-order valence-corrected chi connectivity index (χ3v) is 2.36. The van der Waals surface area contributed by atoms with Crippen molar-refractivity contribution in [1.29, 1.82) is 0 Å². The average Bonchev–Trinajstić information content (AvgIpc) is 2.31. The van der Waals surface area contributed by atoms with Gasteiger partial charge in [0.25, 0.3) is 0 Å². The van der Waals surface area contributed by atoms with Crippen LogP contribution in [-0.2, 0) is 4.74 Å². The van der Waals surface area contributed by atoms with E-state index in [2.05, 4.69) is 11.7 Å². The fourth-order valence-corrected chi connectivity index (χ4v) is 1.40. The van der Waals surface area contributed by atoms with Crippen LogP contribution < -0.4 is 0 Å². The molecular formula is C13H32N2O3. The lowest BCUT2D eigenvalue weighted by Gasteiger charge is -2.33. The molecule has 2 N–H and O–H groups in total. The highest BCUT2D eigenvalue weighted by atomic mass is 16.6. The molecule has 1 unspecified atom stereocenters.